The Morgan fingerprint density at radius 1 is 0.580 bits per heavy atom. The fourth-order valence-corrected chi connectivity index (χ4v) is 6.96. The van der Waals surface area contributed by atoms with E-state index in [0.29, 0.717) is 30.9 Å². The van der Waals surface area contributed by atoms with Gasteiger partial charge in [0.25, 0.3) is 23.0 Å². The van der Waals surface area contributed by atoms with Gasteiger partial charge in [0.1, 0.15) is 34.9 Å². The van der Waals surface area contributed by atoms with Gasteiger partial charge in [-0.2, -0.15) is 96.2 Å². The SMILES string of the molecule is Cc1cc(C#N)ccc1C(=O)Nc1cc(C(=O)Nc2c(C(F)(F)F)c(C(F)(F)C(F)(F)F)nn2C)ccc1C#N.Cn1nc(C(F)(F)C(F)(F)F)c(C(F)(F)F)c1NC(=O)c1ccc(C#N)c(N)c1.[C-]#[N+]c1ccc(C(=O)Cl)c(C)c1. The quantitative estimate of drug-likeness (QED) is 0.0462. The maximum Gasteiger partial charge on any atom is 0.459 e. The molecule has 5 N–H and O–H groups in total. The van der Waals surface area contributed by atoms with Crippen LogP contribution in [0.2, 0.25) is 0 Å². The predicted molar refractivity (Wildman–Crippen MR) is 250 cm³/mol. The molecule has 0 saturated heterocycles. The summed E-state index contributed by atoms with van der Waals surface area (Å²) in [6.07, 6.45) is -24.3. The fraction of sp³-hybridized carbons (Fsp3) is 0.208. The zero-order valence-electron chi connectivity index (χ0n) is 40.6. The summed E-state index contributed by atoms with van der Waals surface area (Å²) < 4.78 is 212. The molecule has 33 heteroatoms. The van der Waals surface area contributed by atoms with Crippen LogP contribution in [0.5, 0.6) is 0 Å². The molecule has 0 atom stereocenters. The molecule has 81 heavy (non-hydrogen) atoms. The van der Waals surface area contributed by atoms with Crippen molar-refractivity contribution in [3.63, 3.8) is 0 Å². The molecule has 0 fully saturated rings. The summed E-state index contributed by atoms with van der Waals surface area (Å²) in [7, 11) is 1.26. The van der Waals surface area contributed by atoms with Crippen molar-refractivity contribution in [2.24, 2.45) is 14.1 Å². The largest absolute Gasteiger partial charge is 0.459 e. The lowest BCUT2D eigenvalue weighted by Crippen LogP contribution is -2.36. The molecule has 0 aliphatic rings. The lowest BCUT2D eigenvalue weighted by molar-refractivity contribution is -0.292. The molecule has 0 bridgehead atoms. The van der Waals surface area contributed by atoms with Crippen LogP contribution in [0.3, 0.4) is 0 Å². The van der Waals surface area contributed by atoms with Gasteiger partial charge in [-0.15, -0.1) is 0 Å². The van der Waals surface area contributed by atoms with Gasteiger partial charge in [0.2, 0.25) is 0 Å². The minimum atomic E-state index is -6.42. The Morgan fingerprint density at radius 3 is 1.38 bits per heavy atom. The summed E-state index contributed by atoms with van der Waals surface area (Å²) in [4.78, 5) is 51.7. The minimum absolute atomic E-state index is 0.00964. The summed E-state index contributed by atoms with van der Waals surface area (Å²) in [5.41, 5.74) is -3.87. The van der Waals surface area contributed by atoms with E-state index in [2.05, 4.69) is 20.4 Å². The highest BCUT2D eigenvalue weighted by atomic mass is 35.5. The monoisotopic (exact) mass is 1180 g/mol. The number of alkyl halides is 16. The lowest BCUT2D eigenvalue weighted by Gasteiger charge is -2.19. The van der Waals surface area contributed by atoms with Crippen LogP contribution in [0.4, 0.5) is 98.9 Å². The number of anilines is 4. The summed E-state index contributed by atoms with van der Waals surface area (Å²) >= 11 is 5.29. The molecule has 424 valence electrons. The van der Waals surface area contributed by atoms with Gasteiger partial charge in [0.05, 0.1) is 40.7 Å². The van der Waals surface area contributed by atoms with E-state index >= 15 is 0 Å². The average molecular weight is 1180 g/mol. The van der Waals surface area contributed by atoms with Crippen molar-refractivity contribution in [3.8, 4) is 18.2 Å². The molecule has 0 radical (unpaired) electrons. The Bertz CT molecular complexity index is 3650. The number of amides is 3. The first kappa shape index (κ1) is 63.8. The summed E-state index contributed by atoms with van der Waals surface area (Å²) in [6.45, 7) is 10.0. The molecule has 16 nitrogen and oxygen atoms in total. The van der Waals surface area contributed by atoms with Crippen molar-refractivity contribution in [1.82, 2.24) is 19.6 Å². The number of benzene rings is 4. The molecule has 0 aliphatic heterocycles. The molecule has 0 unspecified atom stereocenters. The van der Waals surface area contributed by atoms with Crippen molar-refractivity contribution in [2.75, 3.05) is 21.7 Å². The minimum Gasteiger partial charge on any atom is -0.398 e. The Morgan fingerprint density at radius 2 is 1.01 bits per heavy atom. The van der Waals surface area contributed by atoms with Gasteiger partial charge in [-0.25, -0.2) is 4.85 Å². The fourth-order valence-electron chi connectivity index (χ4n) is 6.75. The Balaban J connectivity index is 0.000000298. The summed E-state index contributed by atoms with van der Waals surface area (Å²) in [6, 6.07) is 20.0. The molecule has 3 amide bonds. The van der Waals surface area contributed by atoms with E-state index in [1.807, 2.05) is 6.07 Å². The van der Waals surface area contributed by atoms with E-state index in [9.17, 15) is 94.7 Å². The predicted octanol–water partition coefficient (Wildman–Crippen LogP) is 12.4. The zero-order valence-corrected chi connectivity index (χ0v) is 41.4. The normalized spacial score (nSPS) is 11.7. The number of nitrogens with one attached hydrogen (secondary N) is 3. The number of nitriles is 3. The highest BCUT2D eigenvalue weighted by molar-refractivity contribution is 6.67. The highest BCUT2D eigenvalue weighted by Crippen LogP contribution is 2.51. The van der Waals surface area contributed by atoms with Gasteiger partial charge in [0.15, 0.2) is 17.1 Å². The van der Waals surface area contributed by atoms with Gasteiger partial charge in [-0.1, -0.05) is 18.2 Å². The van der Waals surface area contributed by atoms with Crippen LogP contribution in [-0.2, 0) is 38.3 Å². The third-order valence-electron chi connectivity index (χ3n) is 10.7. The van der Waals surface area contributed by atoms with E-state index in [1.54, 1.807) is 47.9 Å². The van der Waals surface area contributed by atoms with Crippen LogP contribution >= 0.6 is 11.6 Å². The molecule has 6 rings (SSSR count). The van der Waals surface area contributed by atoms with Crippen LogP contribution in [0.15, 0.2) is 72.8 Å². The third kappa shape index (κ3) is 14.1. The summed E-state index contributed by atoms with van der Waals surface area (Å²) in [5.74, 6) is -18.4. The number of carbonyl (C=O) groups is 4. The van der Waals surface area contributed by atoms with Crippen molar-refractivity contribution < 1.29 is 89.4 Å². The van der Waals surface area contributed by atoms with E-state index in [4.69, 9.17) is 34.4 Å². The second-order valence-electron chi connectivity index (χ2n) is 16.2. The van der Waals surface area contributed by atoms with E-state index in [0.717, 1.165) is 42.0 Å². The second-order valence-corrected chi connectivity index (χ2v) is 16.5. The van der Waals surface area contributed by atoms with Crippen LogP contribution in [0.1, 0.15) is 91.8 Å². The lowest BCUT2D eigenvalue weighted by atomic mass is 10.0. The molecular formula is C48H29ClF16N12O4. The number of carbonyl (C=O) groups excluding carboxylic acids is 4. The second kappa shape index (κ2) is 23.7. The molecule has 2 heterocycles. The van der Waals surface area contributed by atoms with Crippen molar-refractivity contribution in [2.45, 2.75) is 50.4 Å². The number of nitrogens with zero attached hydrogens (tertiary/aromatic N) is 8. The van der Waals surface area contributed by atoms with Crippen LogP contribution in [0, 0.1) is 54.4 Å². The van der Waals surface area contributed by atoms with E-state index in [-0.39, 0.29) is 48.6 Å². The van der Waals surface area contributed by atoms with Gasteiger partial charge >= 0.3 is 36.6 Å². The maximum absolute atomic E-state index is 13.9. The van der Waals surface area contributed by atoms with Crippen LogP contribution < -0.4 is 21.7 Å². The molecule has 4 aromatic carbocycles. The van der Waals surface area contributed by atoms with Gasteiger partial charge in [0, 0.05) is 36.3 Å². The maximum atomic E-state index is 13.9. The topological polar surface area (TPSA) is 242 Å². The first-order chi connectivity index (χ1) is 37.2. The number of aryl methyl sites for hydroxylation is 4. The number of nitrogens with two attached hydrogens (primary N) is 1. The van der Waals surface area contributed by atoms with Crippen LogP contribution in [0.25, 0.3) is 4.85 Å². The third-order valence-corrected chi connectivity index (χ3v) is 10.9. The van der Waals surface area contributed by atoms with Gasteiger partial charge < -0.3 is 21.7 Å². The first-order valence-electron chi connectivity index (χ1n) is 21.3. The average Bonchev–Trinajstić information content (AvgIpc) is 4.02. The Labute approximate surface area is 448 Å². The van der Waals surface area contributed by atoms with Crippen molar-refractivity contribution >= 4 is 63.3 Å². The standard InChI is InChI=1S/C24H14F8N6O2.C15H9F8N5O.C9H6ClNO/c1-11-7-12(9-33)3-6-15(11)21(40)35-16-8-13(4-5-14(16)10-34)20(39)36-19-17(23(27,28)29)18(37-38(19)2)22(25,26)24(30,31)32;1-28-11(26-12(29)6-2-3-7(5-24)8(25)4-6)9(14(18,19)20)10(27-28)13(16,17)15(21,22)23;1-6-5-7(11-2)3-4-8(6)9(10)12/h3-8H,1-2H3,(H,35,40)(H,36,39);2-4H,25H2,1H3,(H,26,29);3-5H,1H3. The summed E-state index contributed by atoms with van der Waals surface area (Å²) in [5, 5.41) is 37.5. The highest BCUT2D eigenvalue weighted by Gasteiger charge is 2.65. The molecular weight excluding hydrogens is 1150 g/mol. The number of hydrogen-bond acceptors (Lipinski definition) is 10. The Kier molecular flexibility index (Phi) is 18.7. The molecule has 0 aliphatic carbocycles. The van der Waals surface area contributed by atoms with Crippen LogP contribution in [-0.4, -0.2) is 54.9 Å². The number of aromatic nitrogens is 4. The van der Waals surface area contributed by atoms with Gasteiger partial charge in [-0.3, -0.25) is 28.5 Å². The Hall–Kier alpha value is -9.69. The van der Waals surface area contributed by atoms with Crippen molar-refractivity contribution in [3.05, 3.63) is 157 Å². The van der Waals surface area contributed by atoms with Crippen molar-refractivity contribution in [1.29, 1.82) is 15.8 Å². The molecule has 0 saturated carbocycles. The van der Waals surface area contributed by atoms with E-state index in [1.165, 1.54) is 25.1 Å². The number of nitrogen functional groups attached to an aromatic ring is 1. The molecule has 0 spiro atoms. The van der Waals surface area contributed by atoms with E-state index < -0.39 is 99.2 Å². The van der Waals surface area contributed by atoms with Gasteiger partial charge in [-0.05, 0) is 91.2 Å². The smallest absolute Gasteiger partial charge is 0.398 e. The number of halogens is 17. The zero-order chi connectivity index (χ0) is 61.7. The molecule has 6 aromatic rings. The first-order valence-corrected chi connectivity index (χ1v) is 21.7. The molecule has 2 aromatic heterocycles. The number of rotatable bonds is 9. The number of hydrogen-bond donors (Lipinski definition) is 4.